The maximum Gasteiger partial charge on any atom is 0.340 e. The first-order valence-electron chi connectivity index (χ1n) is 9.03. The van der Waals surface area contributed by atoms with Crippen molar-refractivity contribution in [1.29, 1.82) is 0 Å². The van der Waals surface area contributed by atoms with Crippen LogP contribution >= 0.6 is 0 Å². The fourth-order valence-electron chi connectivity index (χ4n) is 2.73. The molecule has 0 amide bonds. The molecule has 28 heavy (non-hydrogen) atoms. The molecule has 0 radical (unpaired) electrons. The highest BCUT2D eigenvalue weighted by molar-refractivity contribution is 6.00. The molecule has 2 rings (SSSR count). The largest absolute Gasteiger partial charge is 0.465 e. The number of methoxy groups -OCH3 is 1. The van der Waals surface area contributed by atoms with Gasteiger partial charge in [-0.15, -0.1) is 0 Å². The van der Waals surface area contributed by atoms with Gasteiger partial charge in [0.25, 0.3) is 0 Å². The third kappa shape index (κ3) is 4.82. The maximum absolute atomic E-state index is 14.6. The molecular weight excluding hydrogens is 359 g/mol. The van der Waals surface area contributed by atoms with Crippen LogP contribution in [0.1, 0.15) is 44.3 Å². The smallest absolute Gasteiger partial charge is 0.340 e. The monoisotopic (exact) mass is 384 g/mol. The summed E-state index contributed by atoms with van der Waals surface area (Å²) in [4.78, 5) is 30.8. The van der Waals surface area contributed by atoms with Gasteiger partial charge in [0, 0.05) is 25.6 Å². The fraction of sp³-hybridized carbons (Fsp3) is 0.318. The fourth-order valence-corrected chi connectivity index (χ4v) is 2.73. The number of hydrogen-bond donors (Lipinski definition) is 0. The minimum absolute atomic E-state index is 0.141. The second kappa shape index (κ2) is 9.26. The molecule has 0 saturated carbocycles. The van der Waals surface area contributed by atoms with Crippen LogP contribution in [0.15, 0.2) is 35.3 Å². The highest BCUT2D eigenvalue weighted by Gasteiger charge is 2.19. The van der Waals surface area contributed by atoms with Crippen molar-refractivity contribution < 1.29 is 18.7 Å². The number of aliphatic imine (C=N–C) groups is 1. The Bertz CT molecular complexity index is 922. The normalized spacial score (nSPS) is 10.9. The molecule has 0 fully saturated rings. The lowest BCUT2D eigenvalue weighted by Crippen LogP contribution is -2.14. The van der Waals surface area contributed by atoms with Crippen LogP contribution in [-0.4, -0.2) is 43.7 Å². The Kier molecular flexibility index (Phi) is 7.04. The highest BCUT2D eigenvalue weighted by Crippen LogP contribution is 2.25. The van der Waals surface area contributed by atoms with Gasteiger partial charge in [-0.05, 0) is 55.7 Å². The summed E-state index contributed by atoms with van der Waals surface area (Å²) in [6.07, 6.45) is 1.61. The molecule has 0 aliphatic carbocycles. The van der Waals surface area contributed by atoms with Crippen LogP contribution in [0.3, 0.4) is 0 Å². The maximum atomic E-state index is 14.6. The van der Waals surface area contributed by atoms with Gasteiger partial charge >= 0.3 is 5.97 Å². The summed E-state index contributed by atoms with van der Waals surface area (Å²) in [6.45, 7) is 6.58. The standard InChI is InChI=1S/C22H25FN2O3/c1-6-25(4)13-24-19-11-14(2)18(10-15(19)3)20(26)12-16-8-7-9-17(21(16)23)22(27)28-5/h7-11,13H,6,12H2,1-5H3. The van der Waals surface area contributed by atoms with E-state index in [1.807, 2.05) is 38.8 Å². The van der Waals surface area contributed by atoms with E-state index in [0.29, 0.717) is 5.56 Å². The van der Waals surface area contributed by atoms with Crippen LogP contribution in [-0.2, 0) is 11.2 Å². The number of halogens is 1. The van der Waals surface area contributed by atoms with E-state index in [4.69, 9.17) is 0 Å². The number of Topliss-reactive ketones (excluding diaryl/α,β-unsaturated/α-hetero) is 1. The van der Waals surface area contributed by atoms with E-state index in [-0.39, 0.29) is 23.3 Å². The summed E-state index contributed by atoms with van der Waals surface area (Å²) in [7, 11) is 3.12. The summed E-state index contributed by atoms with van der Waals surface area (Å²) in [5, 5.41) is 0. The average molecular weight is 384 g/mol. The predicted octanol–water partition coefficient (Wildman–Crippen LogP) is 4.27. The van der Waals surface area contributed by atoms with Gasteiger partial charge in [0.05, 0.1) is 24.7 Å². The first kappa shape index (κ1) is 21.3. The molecule has 0 unspecified atom stereocenters. The van der Waals surface area contributed by atoms with Gasteiger partial charge in [-0.2, -0.15) is 0 Å². The van der Waals surface area contributed by atoms with Crippen molar-refractivity contribution in [3.05, 3.63) is 64.0 Å². The summed E-state index contributed by atoms with van der Waals surface area (Å²) in [5.41, 5.74) is 2.92. The van der Waals surface area contributed by atoms with E-state index in [9.17, 15) is 14.0 Å². The molecule has 2 aromatic rings. The van der Waals surface area contributed by atoms with Crippen molar-refractivity contribution in [2.75, 3.05) is 20.7 Å². The zero-order valence-corrected chi connectivity index (χ0v) is 16.9. The van der Waals surface area contributed by atoms with Crippen LogP contribution in [0.5, 0.6) is 0 Å². The predicted molar refractivity (Wildman–Crippen MR) is 108 cm³/mol. The number of ether oxygens (including phenoxy) is 1. The quantitative estimate of drug-likeness (QED) is 0.310. The number of carbonyl (C=O) groups is 2. The van der Waals surface area contributed by atoms with Gasteiger partial charge in [0.1, 0.15) is 5.82 Å². The Morgan fingerprint density at radius 2 is 1.89 bits per heavy atom. The minimum Gasteiger partial charge on any atom is -0.465 e. The number of esters is 1. The summed E-state index contributed by atoms with van der Waals surface area (Å²) >= 11 is 0. The summed E-state index contributed by atoms with van der Waals surface area (Å²) in [5.74, 6) is -1.71. The molecule has 0 aromatic heterocycles. The number of benzene rings is 2. The molecular formula is C22H25FN2O3. The van der Waals surface area contributed by atoms with Crippen molar-refractivity contribution >= 4 is 23.8 Å². The van der Waals surface area contributed by atoms with E-state index in [2.05, 4.69) is 9.73 Å². The SMILES string of the molecule is CCN(C)C=Nc1cc(C)c(C(=O)Cc2cccc(C(=O)OC)c2F)cc1C. The van der Waals surface area contributed by atoms with Crippen LogP contribution < -0.4 is 0 Å². The topological polar surface area (TPSA) is 59.0 Å². The van der Waals surface area contributed by atoms with Crippen molar-refractivity contribution in [3.63, 3.8) is 0 Å². The van der Waals surface area contributed by atoms with Crippen LogP contribution in [0.4, 0.5) is 10.1 Å². The van der Waals surface area contributed by atoms with E-state index < -0.39 is 11.8 Å². The molecule has 2 aromatic carbocycles. The third-order valence-electron chi connectivity index (χ3n) is 4.57. The molecule has 0 N–H and O–H groups in total. The molecule has 0 aliphatic heterocycles. The second-order valence-electron chi connectivity index (χ2n) is 6.64. The van der Waals surface area contributed by atoms with Gasteiger partial charge in [0.15, 0.2) is 5.78 Å². The number of nitrogens with zero attached hydrogens (tertiary/aromatic N) is 2. The molecule has 0 spiro atoms. The van der Waals surface area contributed by atoms with E-state index >= 15 is 0 Å². The number of carbonyl (C=O) groups excluding carboxylic acids is 2. The molecule has 6 heteroatoms. The first-order chi connectivity index (χ1) is 13.3. The van der Waals surface area contributed by atoms with Crippen LogP contribution in [0.25, 0.3) is 0 Å². The van der Waals surface area contributed by atoms with E-state index in [1.54, 1.807) is 12.4 Å². The number of aryl methyl sites for hydroxylation is 2. The van der Waals surface area contributed by atoms with Crippen molar-refractivity contribution in [2.45, 2.75) is 27.2 Å². The number of ketones is 1. The number of hydrogen-bond acceptors (Lipinski definition) is 4. The molecule has 0 bridgehead atoms. The Labute approximate surface area is 164 Å². The van der Waals surface area contributed by atoms with Gasteiger partial charge in [0.2, 0.25) is 0 Å². The van der Waals surface area contributed by atoms with Gasteiger partial charge < -0.3 is 9.64 Å². The summed E-state index contributed by atoms with van der Waals surface area (Å²) < 4.78 is 19.1. The van der Waals surface area contributed by atoms with Crippen molar-refractivity contribution in [2.24, 2.45) is 4.99 Å². The van der Waals surface area contributed by atoms with E-state index in [1.165, 1.54) is 25.3 Å². The van der Waals surface area contributed by atoms with Crippen LogP contribution in [0, 0.1) is 19.7 Å². The molecule has 0 saturated heterocycles. The summed E-state index contributed by atoms with van der Waals surface area (Å²) in [6, 6.07) is 8.01. The van der Waals surface area contributed by atoms with Gasteiger partial charge in [-0.3, -0.25) is 4.79 Å². The Balaban J connectivity index is 2.30. The molecule has 0 heterocycles. The average Bonchev–Trinajstić information content (AvgIpc) is 2.68. The lowest BCUT2D eigenvalue weighted by atomic mass is 9.95. The minimum atomic E-state index is -0.766. The highest BCUT2D eigenvalue weighted by atomic mass is 19.1. The Hall–Kier alpha value is -3.02. The molecule has 148 valence electrons. The first-order valence-corrected chi connectivity index (χ1v) is 9.03. The second-order valence-corrected chi connectivity index (χ2v) is 6.64. The molecule has 0 atom stereocenters. The van der Waals surface area contributed by atoms with Gasteiger partial charge in [-0.1, -0.05) is 12.1 Å². The zero-order chi connectivity index (χ0) is 20.8. The number of rotatable bonds is 7. The zero-order valence-electron chi connectivity index (χ0n) is 16.9. The lowest BCUT2D eigenvalue weighted by molar-refractivity contribution is 0.0594. The van der Waals surface area contributed by atoms with Crippen molar-refractivity contribution in [1.82, 2.24) is 4.90 Å². The van der Waals surface area contributed by atoms with Crippen LogP contribution in [0.2, 0.25) is 0 Å². The molecule has 0 aliphatic rings. The van der Waals surface area contributed by atoms with E-state index in [0.717, 1.165) is 23.4 Å². The van der Waals surface area contributed by atoms with Crippen molar-refractivity contribution in [3.8, 4) is 0 Å². The molecule has 5 nitrogen and oxygen atoms in total. The van der Waals surface area contributed by atoms with Gasteiger partial charge in [-0.25, -0.2) is 14.2 Å². The third-order valence-corrected chi connectivity index (χ3v) is 4.57. The Morgan fingerprint density at radius 3 is 2.54 bits per heavy atom. The Morgan fingerprint density at radius 1 is 1.18 bits per heavy atom. The lowest BCUT2D eigenvalue weighted by Gasteiger charge is -2.12.